The number of hydrogen-bond acceptors (Lipinski definition) is 4. The highest BCUT2D eigenvalue weighted by Gasteiger charge is 2.35. The van der Waals surface area contributed by atoms with Crippen LogP contribution in [0.5, 0.6) is 0 Å². The first-order valence-electron chi connectivity index (χ1n) is 7.96. The standard InChI is InChI=1S/C17H22N4/c18-12-4-5-13-14(6-8-19-16(13)11-12)20-15-7-10-21-9-2-1-3-17(15)21/h4-6,8,11,15,17H,1-3,7,9-10,18H2,(H,19,20). The first-order valence-corrected chi connectivity index (χ1v) is 7.96. The number of aromatic nitrogens is 1. The summed E-state index contributed by atoms with van der Waals surface area (Å²) in [7, 11) is 0. The second kappa shape index (κ2) is 5.19. The van der Waals surface area contributed by atoms with Crippen molar-refractivity contribution in [2.24, 2.45) is 0 Å². The number of pyridine rings is 1. The monoisotopic (exact) mass is 282 g/mol. The predicted molar refractivity (Wildman–Crippen MR) is 87.4 cm³/mol. The summed E-state index contributed by atoms with van der Waals surface area (Å²) in [4.78, 5) is 7.08. The van der Waals surface area contributed by atoms with E-state index < -0.39 is 0 Å². The molecule has 2 aliphatic heterocycles. The second-order valence-corrected chi connectivity index (χ2v) is 6.27. The van der Waals surface area contributed by atoms with Crippen LogP contribution in [0.2, 0.25) is 0 Å². The van der Waals surface area contributed by atoms with Gasteiger partial charge in [0.2, 0.25) is 0 Å². The summed E-state index contributed by atoms with van der Waals surface area (Å²) in [6, 6.07) is 9.33. The highest BCUT2D eigenvalue weighted by molar-refractivity contribution is 5.92. The van der Waals surface area contributed by atoms with Gasteiger partial charge in [-0.05, 0) is 50.1 Å². The van der Waals surface area contributed by atoms with Gasteiger partial charge in [0.05, 0.1) is 5.52 Å². The molecule has 2 atom stereocenters. The highest BCUT2D eigenvalue weighted by Crippen LogP contribution is 2.31. The number of piperidine rings is 1. The van der Waals surface area contributed by atoms with Gasteiger partial charge in [-0.2, -0.15) is 0 Å². The van der Waals surface area contributed by atoms with Crippen LogP contribution in [0.4, 0.5) is 11.4 Å². The van der Waals surface area contributed by atoms with E-state index in [1.807, 2.05) is 18.3 Å². The summed E-state index contributed by atoms with van der Waals surface area (Å²) in [5.41, 5.74) is 8.79. The van der Waals surface area contributed by atoms with E-state index in [-0.39, 0.29) is 0 Å². The smallest absolute Gasteiger partial charge is 0.0743 e. The first-order chi connectivity index (χ1) is 10.3. The maximum atomic E-state index is 5.86. The molecule has 2 unspecified atom stereocenters. The summed E-state index contributed by atoms with van der Waals surface area (Å²) < 4.78 is 0. The predicted octanol–water partition coefficient (Wildman–Crippen LogP) is 2.86. The van der Waals surface area contributed by atoms with Crippen LogP contribution in [-0.4, -0.2) is 35.1 Å². The molecule has 4 nitrogen and oxygen atoms in total. The van der Waals surface area contributed by atoms with Crippen LogP contribution < -0.4 is 11.1 Å². The maximum Gasteiger partial charge on any atom is 0.0743 e. The van der Waals surface area contributed by atoms with Crippen molar-refractivity contribution < 1.29 is 0 Å². The number of benzene rings is 1. The Hall–Kier alpha value is -1.81. The van der Waals surface area contributed by atoms with E-state index in [1.165, 1.54) is 49.8 Å². The molecule has 21 heavy (non-hydrogen) atoms. The minimum absolute atomic E-state index is 0.563. The van der Waals surface area contributed by atoms with Crippen LogP contribution in [0, 0.1) is 0 Å². The molecule has 1 aromatic heterocycles. The van der Waals surface area contributed by atoms with E-state index in [1.54, 1.807) is 0 Å². The number of nitrogens with one attached hydrogen (secondary N) is 1. The maximum absolute atomic E-state index is 5.86. The van der Waals surface area contributed by atoms with Crippen molar-refractivity contribution in [1.29, 1.82) is 0 Å². The molecule has 0 aliphatic carbocycles. The highest BCUT2D eigenvalue weighted by atomic mass is 15.2. The van der Waals surface area contributed by atoms with Crippen LogP contribution in [0.15, 0.2) is 30.5 Å². The van der Waals surface area contributed by atoms with Crippen molar-refractivity contribution >= 4 is 22.3 Å². The normalized spacial score (nSPS) is 25.9. The third-order valence-electron chi connectivity index (χ3n) is 4.96. The van der Waals surface area contributed by atoms with Crippen molar-refractivity contribution in [3.05, 3.63) is 30.5 Å². The van der Waals surface area contributed by atoms with Crippen LogP contribution in [-0.2, 0) is 0 Å². The van der Waals surface area contributed by atoms with Gasteiger partial charge in [0.1, 0.15) is 0 Å². The molecular weight excluding hydrogens is 260 g/mol. The Labute approximate surface area is 125 Å². The van der Waals surface area contributed by atoms with Gasteiger partial charge in [-0.15, -0.1) is 0 Å². The number of hydrogen-bond donors (Lipinski definition) is 2. The minimum atomic E-state index is 0.563. The fourth-order valence-corrected chi connectivity index (χ4v) is 3.91. The lowest BCUT2D eigenvalue weighted by Gasteiger charge is -2.33. The number of nitrogens with zero attached hydrogens (tertiary/aromatic N) is 2. The number of nitrogen functional groups attached to an aromatic ring is 1. The van der Waals surface area contributed by atoms with Crippen molar-refractivity contribution in [3.8, 4) is 0 Å². The molecule has 2 aromatic rings. The van der Waals surface area contributed by atoms with E-state index >= 15 is 0 Å². The van der Waals surface area contributed by atoms with Gasteiger partial charge in [-0.25, -0.2) is 0 Å². The lowest BCUT2D eigenvalue weighted by atomic mass is 9.98. The molecule has 2 aliphatic rings. The van der Waals surface area contributed by atoms with Gasteiger partial charge in [0.25, 0.3) is 0 Å². The SMILES string of the molecule is Nc1ccc2c(NC3CCN4CCCCC34)ccnc2c1. The van der Waals surface area contributed by atoms with E-state index in [9.17, 15) is 0 Å². The number of rotatable bonds is 2. The molecule has 3 heterocycles. The van der Waals surface area contributed by atoms with Crippen LogP contribution in [0.1, 0.15) is 25.7 Å². The van der Waals surface area contributed by atoms with E-state index in [4.69, 9.17) is 5.73 Å². The molecule has 3 N–H and O–H groups in total. The van der Waals surface area contributed by atoms with Gasteiger partial charge in [-0.1, -0.05) is 6.42 Å². The zero-order chi connectivity index (χ0) is 14.2. The molecule has 4 rings (SSSR count). The fourth-order valence-electron chi connectivity index (χ4n) is 3.91. The van der Waals surface area contributed by atoms with Crippen molar-refractivity contribution in [1.82, 2.24) is 9.88 Å². The van der Waals surface area contributed by atoms with Crippen molar-refractivity contribution in [3.63, 3.8) is 0 Å². The third-order valence-corrected chi connectivity index (χ3v) is 4.96. The Bertz CT molecular complexity index is 654. The van der Waals surface area contributed by atoms with Gasteiger partial charge in [0.15, 0.2) is 0 Å². The Morgan fingerprint density at radius 2 is 2.10 bits per heavy atom. The van der Waals surface area contributed by atoms with Crippen LogP contribution in [0.25, 0.3) is 10.9 Å². The second-order valence-electron chi connectivity index (χ2n) is 6.27. The number of anilines is 2. The summed E-state index contributed by atoms with van der Waals surface area (Å²) in [5, 5.41) is 4.95. The minimum Gasteiger partial charge on any atom is -0.399 e. The molecule has 2 saturated heterocycles. The summed E-state index contributed by atoms with van der Waals surface area (Å²) in [6.07, 6.45) is 7.17. The Morgan fingerprint density at radius 3 is 3.05 bits per heavy atom. The van der Waals surface area contributed by atoms with Crippen LogP contribution >= 0.6 is 0 Å². The third kappa shape index (κ3) is 2.33. The molecule has 2 fully saturated rings. The molecule has 0 amide bonds. The van der Waals surface area contributed by atoms with E-state index in [2.05, 4.69) is 27.3 Å². The molecule has 4 heteroatoms. The fraction of sp³-hybridized carbons (Fsp3) is 0.471. The molecule has 0 bridgehead atoms. The summed E-state index contributed by atoms with van der Waals surface area (Å²) in [5.74, 6) is 0. The molecule has 1 aromatic carbocycles. The largest absolute Gasteiger partial charge is 0.399 e. The molecular formula is C17H22N4. The van der Waals surface area contributed by atoms with Gasteiger partial charge >= 0.3 is 0 Å². The molecule has 0 radical (unpaired) electrons. The average Bonchev–Trinajstić information content (AvgIpc) is 2.91. The van der Waals surface area contributed by atoms with Gasteiger partial charge in [0, 0.05) is 41.6 Å². The lowest BCUT2D eigenvalue weighted by Crippen LogP contribution is -2.41. The summed E-state index contributed by atoms with van der Waals surface area (Å²) >= 11 is 0. The lowest BCUT2D eigenvalue weighted by molar-refractivity contribution is 0.193. The van der Waals surface area contributed by atoms with Gasteiger partial charge in [-0.3, -0.25) is 9.88 Å². The topological polar surface area (TPSA) is 54.2 Å². The van der Waals surface area contributed by atoms with E-state index in [0.717, 1.165) is 11.2 Å². The molecule has 0 saturated carbocycles. The molecule has 110 valence electrons. The van der Waals surface area contributed by atoms with Gasteiger partial charge < -0.3 is 11.1 Å². The zero-order valence-electron chi connectivity index (χ0n) is 12.3. The summed E-state index contributed by atoms with van der Waals surface area (Å²) in [6.45, 7) is 2.51. The molecule has 0 spiro atoms. The van der Waals surface area contributed by atoms with E-state index in [0.29, 0.717) is 12.1 Å². The quantitative estimate of drug-likeness (QED) is 0.832. The average molecular weight is 282 g/mol. The van der Waals surface area contributed by atoms with Crippen molar-refractivity contribution in [2.45, 2.75) is 37.8 Å². The number of fused-ring (bicyclic) bond motifs is 2. The first kappa shape index (κ1) is 12.9. The Kier molecular flexibility index (Phi) is 3.19. The Balaban J connectivity index is 1.62. The zero-order valence-corrected chi connectivity index (χ0v) is 12.3. The van der Waals surface area contributed by atoms with Crippen LogP contribution in [0.3, 0.4) is 0 Å². The Morgan fingerprint density at radius 1 is 1.14 bits per heavy atom. The van der Waals surface area contributed by atoms with Crippen molar-refractivity contribution in [2.75, 3.05) is 24.1 Å². The number of nitrogens with two attached hydrogens (primary N) is 1.